The molecule has 0 bridgehead atoms. The van der Waals surface area contributed by atoms with Gasteiger partial charge in [-0.3, -0.25) is 13.0 Å². The Bertz CT molecular complexity index is 2490. The maximum absolute atomic E-state index is 11.0. The topological polar surface area (TPSA) is 168 Å². The lowest BCUT2D eigenvalue weighted by Gasteiger charge is -2.32. The Hall–Kier alpha value is -4.13. The number of aliphatic hydroxyl groups is 1. The highest BCUT2D eigenvalue weighted by atomic mass is 35.7. The second-order valence-corrected chi connectivity index (χ2v) is 19.8. The molecule has 366 valence electrons. The number of benzene rings is 2. The third-order valence-electron chi connectivity index (χ3n) is 10.9. The number of fused-ring (bicyclic) bond motifs is 6. The van der Waals surface area contributed by atoms with Gasteiger partial charge in [-0.2, -0.15) is 18.4 Å². The summed E-state index contributed by atoms with van der Waals surface area (Å²) in [7, 11) is -2.03. The smallest absolute Gasteiger partial charge is 0.264 e. The number of halogens is 1. The maximum atomic E-state index is 11.0. The van der Waals surface area contributed by atoms with Gasteiger partial charge in [0.2, 0.25) is 20.6 Å². The summed E-state index contributed by atoms with van der Waals surface area (Å²) in [5.74, 6) is 4.57. The quantitative estimate of drug-likeness (QED) is 0.0964. The summed E-state index contributed by atoms with van der Waals surface area (Å²) in [4.78, 5) is 25.6. The van der Waals surface area contributed by atoms with E-state index in [-0.39, 0.29) is 28.9 Å². The molecule has 15 nitrogen and oxygen atoms in total. The molecule has 0 radical (unpaired) electrons. The Kier molecular flexibility index (Phi) is 25.3. The Balaban J connectivity index is 0.000000492. The summed E-state index contributed by atoms with van der Waals surface area (Å²) in [5, 5.41) is 9.05. The van der Waals surface area contributed by atoms with Crippen molar-refractivity contribution in [1.29, 1.82) is 0 Å². The first-order valence-corrected chi connectivity index (χ1v) is 26.0. The van der Waals surface area contributed by atoms with Crippen molar-refractivity contribution >= 4 is 75.1 Å². The van der Waals surface area contributed by atoms with Crippen molar-refractivity contribution in [3.05, 3.63) is 73.1 Å². The van der Waals surface area contributed by atoms with Crippen LogP contribution in [0.1, 0.15) is 96.8 Å². The maximum Gasteiger partial charge on any atom is 0.264 e. The minimum atomic E-state index is -3.34. The zero-order valence-electron chi connectivity index (χ0n) is 38.1. The van der Waals surface area contributed by atoms with Gasteiger partial charge in [0.1, 0.15) is 11.6 Å². The van der Waals surface area contributed by atoms with Gasteiger partial charge in [-0.25, -0.2) is 18.4 Å². The van der Waals surface area contributed by atoms with E-state index in [0.717, 1.165) is 117 Å². The molecule has 4 aromatic heterocycles. The third kappa shape index (κ3) is 18.6. The lowest BCUT2D eigenvalue weighted by molar-refractivity contribution is 0.240. The lowest BCUT2D eigenvalue weighted by Crippen LogP contribution is -2.34. The van der Waals surface area contributed by atoms with Crippen LogP contribution in [0.15, 0.2) is 73.1 Å². The molecule has 0 aliphatic carbocycles. The fourth-order valence-corrected chi connectivity index (χ4v) is 7.95. The molecule has 0 saturated carbocycles. The molecule has 2 aliphatic heterocycles. The van der Waals surface area contributed by atoms with E-state index in [1.807, 2.05) is 63.5 Å². The van der Waals surface area contributed by atoms with Crippen LogP contribution in [0.3, 0.4) is 0 Å². The van der Waals surface area contributed by atoms with Crippen molar-refractivity contribution in [2.45, 2.75) is 95.4 Å². The molecule has 8 rings (SSSR count). The highest BCUT2D eigenvalue weighted by Gasteiger charge is 2.22. The summed E-state index contributed by atoms with van der Waals surface area (Å²) in [6, 6.07) is 20.2. The number of piperidine rings is 2. The normalized spacial score (nSPS) is 14.6. The number of rotatable bonds is 11. The van der Waals surface area contributed by atoms with Crippen LogP contribution >= 0.6 is 10.7 Å². The SMILES string of the molecule is C.C.C.CCN(CC)CC.CS(=O)(=O)Cl.CS(=O)(=O)OCCC1CCN(c2ccn3c(n2)nc2ccccc23)CC1.OCCC1CCN(c2ccn3c(n2)nc2ccccc23)CC1.[2H]CC. The molecule has 6 heterocycles. The van der Waals surface area contributed by atoms with Crippen LogP contribution < -0.4 is 9.80 Å². The molecule has 0 spiro atoms. The first kappa shape index (κ1) is 57.0. The summed E-state index contributed by atoms with van der Waals surface area (Å²) in [5.41, 5.74) is 4.08. The molecule has 2 fully saturated rings. The standard InChI is InChI=1S/C18H22N4O3S.C17H20N4O.C6H15N.C2H6.CH3ClO2S.3CH4/c1-26(23,24)25-13-9-14-6-10-21(11-7-14)17-8-12-22-16-5-3-2-4-15(16)19-18(22)20-17;22-12-8-13-5-9-20(10-6-13)16-7-11-21-15-4-2-1-3-14(15)18-17(21)19-16;1-4-7(5-2)6-3;1-2;1-5(2,3)4;;;/h2-5,8,12,14H,6-7,9-11,13H2,1H3;1-4,7,11,13,22H,5-6,8-10,12H2;4-6H2,1-3H3;1-2H3;1H3;3*1H4/i;;;1D;;;;. The molecule has 2 aromatic carbocycles. The fraction of sp³-hybridized carbons (Fsp3) is 0.574. The minimum absolute atomic E-state index is 0. The van der Waals surface area contributed by atoms with Crippen molar-refractivity contribution < 1.29 is 27.5 Å². The number of hydrogen-bond donors (Lipinski definition) is 1. The fourth-order valence-electron chi connectivity index (χ4n) is 7.55. The number of aromatic nitrogens is 6. The number of aliphatic hydroxyl groups excluding tert-OH is 1. The zero-order valence-corrected chi connectivity index (χ0v) is 39.5. The van der Waals surface area contributed by atoms with Gasteiger partial charge in [-0.1, -0.05) is 81.1 Å². The van der Waals surface area contributed by atoms with Crippen molar-refractivity contribution in [1.82, 2.24) is 33.6 Å². The minimum Gasteiger partial charge on any atom is -0.396 e. The first-order valence-electron chi connectivity index (χ1n) is 22.2. The Morgan fingerprint density at radius 1 is 0.692 bits per heavy atom. The van der Waals surface area contributed by atoms with Gasteiger partial charge in [0.15, 0.2) is 0 Å². The highest BCUT2D eigenvalue weighted by molar-refractivity contribution is 8.13. The summed E-state index contributed by atoms with van der Waals surface area (Å²) >= 11 is 0. The van der Waals surface area contributed by atoms with E-state index in [1.165, 1.54) is 19.6 Å². The van der Waals surface area contributed by atoms with Gasteiger partial charge in [0.05, 0.1) is 41.2 Å². The predicted molar refractivity (Wildman–Crippen MR) is 274 cm³/mol. The average molecular weight is 966 g/mol. The molecule has 1 N–H and O–H groups in total. The molecular formula is C47H78ClN9O6S2. The summed E-state index contributed by atoms with van der Waals surface area (Å²) in [6.07, 6.45) is 12.1. The van der Waals surface area contributed by atoms with E-state index in [4.69, 9.17) is 20.6 Å². The van der Waals surface area contributed by atoms with Gasteiger partial charge >= 0.3 is 0 Å². The molecular weight excluding hydrogens is 886 g/mol. The number of imidazole rings is 2. The van der Waals surface area contributed by atoms with Crippen LogP contribution in [0.2, 0.25) is 0 Å². The van der Waals surface area contributed by atoms with Crippen LogP contribution in [-0.4, -0.2) is 127 Å². The molecule has 65 heavy (non-hydrogen) atoms. The largest absolute Gasteiger partial charge is 0.396 e. The molecule has 0 unspecified atom stereocenters. The first-order chi connectivity index (χ1) is 30.1. The zero-order chi connectivity index (χ0) is 46.0. The van der Waals surface area contributed by atoms with Crippen LogP contribution in [0, 0.1) is 11.8 Å². The van der Waals surface area contributed by atoms with E-state index in [0.29, 0.717) is 31.1 Å². The van der Waals surface area contributed by atoms with Gasteiger partial charge in [-0.15, -0.1) is 0 Å². The van der Waals surface area contributed by atoms with Gasteiger partial charge in [-0.05, 0) is 106 Å². The van der Waals surface area contributed by atoms with Crippen molar-refractivity contribution in [3.8, 4) is 0 Å². The lowest BCUT2D eigenvalue weighted by atomic mass is 9.94. The second-order valence-electron chi connectivity index (χ2n) is 15.1. The Morgan fingerprint density at radius 2 is 1.06 bits per heavy atom. The molecule has 2 aliphatic rings. The Morgan fingerprint density at radius 3 is 1.40 bits per heavy atom. The van der Waals surface area contributed by atoms with E-state index in [9.17, 15) is 16.8 Å². The molecule has 2 saturated heterocycles. The van der Waals surface area contributed by atoms with Crippen molar-refractivity contribution in [2.24, 2.45) is 11.8 Å². The van der Waals surface area contributed by atoms with E-state index in [2.05, 4.69) is 74.5 Å². The number of hydrogen-bond acceptors (Lipinski definition) is 13. The van der Waals surface area contributed by atoms with Crippen molar-refractivity contribution in [3.63, 3.8) is 0 Å². The van der Waals surface area contributed by atoms with Gasteiger partial charge < -0.3 is 19.8 Å². The Labute approximate surface area is 396 Å². The molecule has 0 amide bonds. The van der Waals surface area contributed by atoms with E-state index in [1.54, 1.807) is 6.92 Å². The van der Waals surface area contributed by atoms with Crippen LogP contribution in [0.4, 0.5) is 11.6 Å². The summed E-state index contributed by atoms with van der Waals surface area (Å²) in [6.45, 7) is 16.8. The number of para-hydroxylation sites is 4. The van der Waals surface area contributed by atoms with E-state index < -0.39 is 19.2 Å². The molecule has 6 aromatic rings. The highest BCUT2D eigenvalue weighted by Crippen LogP contribution is 2.27. The van der Waals surface area contributed by atoms with Gasteiger partial charge in [0.25, 0.3) is 10.1 Å². The summed E-state index contributed by atoms with van der Waals surface area (Å²) < 4.78 is 56.0. The van der Waals surface area contributed by atoms with E-state index >= 15 is 0 Å². The van der Waals surface area contributed by atoms with Gasteiger partial charge in [0, 0.05) is 57.2 Å². The predicted octanol–water partition coefficient (Wildman–Crippen LogP) is 9.41. The van der Waals surface area contributed by atoms with Crippen LogP contribution in [-0.2, 0) is 23.4 Å². The molecule has 0 atom stereocenters. The number of anilines is 2. The van der Waals surface area contributed by atoms with Crippen LogP contribution in [0.25, 0.3) is 33.6 Å². The second kappa shape index (κ2) is 28.8. The number of nitrogens with zero attached hydrogens (tertiary/aromatic N) is 9. The third-order valence-corrected chi connectivity index (χ3v) is 11.5. The van der Waals surface area contributed by atoms with Crippen LogP contribution in [0.5, 0.6) is 0 Å². The average Bonchev–Trinajstić information content (AvgIpc) is 3.82. The monoisotopic (exact) mass is 965 g/mol. The van der Waals surface area contributed by atoms with Crippen molar-refractivity contribution in [2.75, 3.05) is 81.3 Å². The molecule has 18 heteroatoms.